The SMILES string of the molecule is CCCCCCCCCCCCCC[N+]1(C)C=CC(c2ccncc2)=CC1.Cl.[Cl-]. The monoisotopic (exact) mass is 440 g/mol. The molecule has 1 aliphatic heterocycles. The number of rotatable bonds is 14. The zero-order valence-electron chi connectivity index (χ0n) is 18.6. The van der Waals surface area contributed by atoms with E-state index in [9.17, 15) is 0 Å². The van der Waals surface area contributed by atoms with Crippen molar-refractivity contribution in [3.63, 3.8) is 0 Å². The number of hydrogen-bond donors (Lipinski definition) is 0. The third-order valence-electron chi connectivity index (χ3n) is 5.88. The van der Waals surface area contributed by atoms with Crippen molar-refractivity contribution in [3.8, 4) is 0 Å². The average molecular weight is 442 g/mol. The van der Waals surface area contributed by atoms with Crippen molar-refractivity contribution in [2.75, 3.05) is 20.1 Å². The van der Waals surface area contributed by atoms with Gasteiger partial charge >= 0.3 is 0 Å². The summed E-state index contributed by atoms with van der Waals surface area (Å²) in [4.78, 5) is 4.11. The molecular formula is C25H42Cl2N2. The van der Waals surface area contributed by atoms with Crippen molar-refractivity contribution >= 4 is 18.0 Å². The van der Waals surface area contributed by atoms with Crippen molar-refractivity contribution in [2.45, 2.75) is 84.0 Å². The Hall–Kier alpha value is -0.830. The van der Waals surface area contributed by atoms with E-state index in [1.165, 1.54) is 94.7 Å². The van der Waals surface area contributed by atoms with Crippen LogP contribution in [0.4, 0.5) is 0 Å². The minimum atomic E-state index is 0. The summed E-state index contributed by atoms with van der Waals surface area (Å²) >= 11 is 0. The number of quaternary nitrogens is 1. The molecule has 0 aromatic carbocycles. The van der Waals surface area contributed by atoms with Crippen LogP contribution in [0.2, 0.25) is 0 Å². The van der Waals surface area contributed by atoms with Crippen LogP contribution in [-0.4, -0.2) is 29.6 Å². The van der Waals surface area contributed by atoms with Crippen LogP contribution in [0.1, 0.15) is 89.5 Å². The highest BCUT2D eigenvalue weighted by Crippen LogP contribution is 2.23. The van der Waals surface area contributed by atoms with E-state index in [-0.39, 0.29) is 24.8 Å². The molecule has 1 aliphatic rings. The molecule has 0 bridgehead atoms. The van der Waals surface area contributed by atoms with Gasteiger partial charge in [-0.15, -0.1) is 12.4 Å². The van der Waals surface area contributed by atoms with Gasteiger partial charge in [0.15, 0.2) is 0 Å². The molecule has 1 aromatic heterocycles. The zero-order chi connectivity index (χ0) is 19.2. The first-order valence-electron chi connectivity index (χ1n) is 11.4. The topological polar surface area (TPSA) is 12.9 Å². The summed E-state index contributed by atoms with van der Waals surface area (Å²) < 4.78 is 1.05. The lowest BCUT2D eigenvalue weighted by molar-refractivity contribution is -0.854. The van der Waals surface area contributed by atoms with Crippen molar-refractivity contribution in [1.82, 2.24) is 4.98 Å². The predicted octanol–water partition coefficient (Wildman–Crippen LogP) is 4.57. The molecular weight excluding hydrogens is 399 g/mol. The largest absolute Gasteiger partial charge is 1.00 e. The summed E-state index contributed by atoms with van der Waals surface area (Å²) in [5.74, 6) is 0. The number of hydrogen-bond acceptors (Lipinski definition) is 1. The summed E-state index contributed by atoms with van der Waals surface area (Å²) in [5, 5.41) is 0. The van der Waals surface area contributed by atoms with E-state index in [1.807, 2.05) is 12.4 Å². The number of unbranched alkanes of at least 4 members (excludes halogenated alkanes) is 11. The van der Waals surface area contributed by atoms with Gasteiger partial charge in [-0.05, 0) is 48.3 Å². The van der Waals surface area contributed by atoms with Gasteiger partial charge in [0.2, 0.25) is 0 Å². The van der Waals surface area contributed by atoms with Gasteiger partial charge in [0.1, 0.15) is 6.54 Å². The molecule has 1 unspecified atom stereocenters. The summed E-state index contributed by atoms with van der Waals surface area (Å²) in [6.45, 7) is 4.65. The highest BCUT2D eigenvalue weighted by molar-refractivity contribution is 5.85. The number of nitrogens with zero attached hydrogens (tertiary/aromatic N) is 2. The fourth-order valence-corrected chi connectivity index (χ4v) is 3.93. The third kappa shape index (κ3) is 11.8. The van der Waals surface area contributed by atoms with Gasteiger partial charge in [0.25, 0.3) is 0 Å². The van der Waals surface area contributed by atoms with Gasteiger partial charge in [-0.3, -0.25) is 9.47 Å². The van der Waals surface area contributed by atoms with Crippen molar-refractivity contribution in [2.24, 2.45) is 0 Å². The predicted molar refractivity (Wildman–Crippen MR) is 126 cm³/mol. The Balaban J connectivity index is 0.00000392. The van der Waals surface area contributed by atoms with Crippen molar-refractivity contribution < 1.29 is 16.9 Å². The second kappa shape index (κ2) is 16.9. The standard InChI is InChI=1S/C25H41N2.2ClH/c1-3-4-5-6-7-8-9-10-11-12-13-14-21-27(2)22-17-25(18-23-27)24-15-19-26-20-16-24;;/h15-20,22H,3-14,21,23H2,1-2H3;2*1H/q+1;;/p-1. The van der Waals surface area contributed by atoms with Gasteiger partial charge in [0, 0.05) is 12.4 Å². The van der Waals surface area contributed by atoms with Gasteiger partial charge < -0.3 is 12.4 Å². The number of pyridine rings is 1. The molecule has 29 heavy (non-hydrogen) atoms. The molecule has 2 nitrogen and oxygen atoms in total. The smallest absolute Gasteiger partial charge is 0.102 e. The maximum absolute atomic E-state index is 4.11. The molecule has 1 atom stereocenters. The molecule has 0 N–H and O–H groups in total. The summed E-state index contributed by atoms with van der Waals surface area (Å²) in [5.41, 5.74) is 2.61. The highest BCUT2D eigenvalue weighted by Gasteiger charge is 2.20. The van der Waals surface area contributed by atoms with Gasteiger partial charge in [-0.2, -0.15) is 0 Å². The van der Waals surface area contributed by atoms with E-state index in [1.54, 1.807) is 0 Å². The van der Waals surface area contributed by atoms with Crippen LogP contribution in [0, 0.1) is 0 Å². The maximum Gasteiger partial charge on any atom is 0.102 e. The summed E-state index contributed by atoms with van der Waals surface area (Å²) in [6, 6.07) is 4.19. The molecule has 0 saturated carbocycles. The Kier molecular flexibility index (Phi) is 16.4. The Labute approximate surface area is 192 Å². The van der Waals surface area contributed by atoms with E-state index < -0.39 is 0 Å². The molecule has 0 radical (unpaired) electrons. The lowest BCUT2D eigenvalue weighted by atomic mass is 10.0. The maximum atomic E-state index is 4.11. The van der Waals surface area contributed by atoms with Crippen LogP contribution in [0.5, 0.6) is 0 Å². The van der Waals surface area contributed by atoms with Crippen LogP contribution in [-0.2, 0) is 0 Å². The normalized spacial score (nSPS) is 17.9. The zero-order valence-corrected chi connectivity index (χ0v) is 20.2. The Morgan fingerprint density at radius 2 is 1.34 bits per heavy atom. The second-order valence-corrected chi connectivity index (χ2v) is 8.49. The molecule has 0 amide bonds. The first kappa shape index (κ1) is 28.2. The Bertz CT molecular complexity index is 571. The molecule has 0 spiro atoms. The van der Waals surface area contributed by atoms with Crippen LogP contribution in [0.25, 0.3) is 5.57 Å². The Morgan fingerprint density at radius 3 is 1.83 bits per heavy atom. The number of likely N-dealkylation sites (N-methyl/N-ethyl adjacent to an activating group) is 1. The molecule has 0 saturated heterocycles. The molecule has 2 rings (SSSR count). The van der Waals surface area contributed by atoms with E-state index in [2.05, 4.69) is 49.4 Å². The van der Waals surface area contributed by atoms with Crippen LogP contribution in [0.3, 0.4) is 0 Å². The quantitative estimate of drug-likeness (QED) is 0.305. The minimum Gasteiger partial charge on any atom is -1.00 e. The number of aromatic nitrogens is 1. The Morgan fingerprint density at radius 1 is 0.828 bits per heavy atom. The highest BCUT2D eigenvalue weighted by atomic mass is 35.5. The van der Waals surface area contributed by atoms with Crippen molar-refractivity contribution in [1.29, 1.82) is 0 Å². The second-order valence-electron chi connectivity index (χ2n) is 8.49. The van der Waals surface area contributed by atoms with E-state index in [4.69, 9.17) is 0 Å². The van der Waals surface area contributed by atoms with E-state index >= 15 is 0 Å². The van der Waals surface area contributed by atoms with Gasteiger partial charge in [-0.1, -0.05) is 71.1 Å². The first-order valence-corrected chi connectivity index (χ1v) is 11.4. The molecule has 1 aromatic rings. The fraction of sp³-hybridized carbons (Fsp3) is 0.640. The lowest BCUT2D eigenvalue weighted by Crippen LogP contribution is -3.00. The van der Waals surface area contributed by atoms with E-state index in [0.717, 1.165) is 11.0 Å². The van der Waals surface area contributed by atoms with Gasteiger partial charge in [0.05, 0.1) is 19.8 Å². The van der Waals surface area contributed by atoms with Crippen LogP contribution in [0.15, 0.2) is 42.9 Å². The molecule has 2 heterocycles. The molecule has 166 valence electrons. The first-order chi connectivity index (χ1) is 13.2. The molecule has 0 aliphatic carbocycles. The average Bonchev–Trinajstić information content (AvgIpc) is 2.70. The fourth-order valence-electron chi connectivity index (χ4n) is 3.93. The van der Waals surface area contributed by atoms with E-state index in [0.29, 0.717) is 0 Å². The number of allylic oxidation sites excluding steroid dienone is 2. The van der Waals surface area contributed by atoms with Crippen LogP contribution >= 0.6 is 12.4 Å². The van der Waals surface area contributed by atoms with Crippen molar-refractivity contribution in [3.05, 3.63) is 48.4 Å². The summed E-state index contributed by atoms with van der Waals surface area (Å²) in [6.07, 6.45) is 27.9. The summed E-state index contributed by atoms with van der Waals surface area (Å²) in [7, 11) is 2.36. The van der Waals surface area contributed by atoms with Gasteiger partial charge in [-0.25, -0.2) is 0 Å². The number of halogens is 2. The molecule has 0 fully saturated rings. The molecule has 4 heteroatoms. The van der Waals surface area contributed by atoms with Crippen LogP contribution < -0.4 is 12.4 Å². The third-order valence-corrected chi connectivity index (χ3v) is 5.88. The lowest BCUT2D eigenvalue weighted by Gasteiger charge is -2.32. The minimum absolute atomic E-state index is 0.